The van der Waals surface area contributed by atoms with Crippen LogP contribution in [0.5, 0.6) is 0 Å². The van der Waals surface area contributed by atoms with Gasteiger partial charge in [-0.05, 0) is 25.0 Å². The van der Waals surface area contributed by atoms with Crippen molar-refractivity contribution in [3.05, 3.63) is 52.4 Å². The van der Waals surface area contributed by atoms with Crippen LogP contribution in [-0.2, 0) is 0 Å². The molecule has 1 amide bonds. The second-order valence-corrected chi connectivity index (χ2v) is 7.00. The maximum atomic E-state index is 12.4. The van der Waals surface area contributed by atoms with Crippen molar-refractivity contribution in [3.8, 4) is 0 Å². The molecule has 0 N–H and O–H groups in total. The first-order chi connectivity index (χ1) is 10.6. The molecule has 6 heteroatoms. The average Bonchev–Trinajstić information content (AvgIpc) is 2.81. The molecule has 22 heavy (non-hydrogen) atoms. The molecule has 0 unspecified atom stereocenters. The Bertz CT molecular complexity index is 674. The van der Waals surface area contributed by atoms with E-state index in [0.29, 0.717) is 23.2 Å². The van der Waals surface area contributed by atoms with E-state index in [9.17, 15) is 4.79 Å². The third kappa shape index (κ3) is 3.31. The van der Waals surface area contributed by atoms with Gasteiger partial charge in [-0.1, -0.05) is 35.0 Å². The summed E-state index contributed by atoms with van der Waals surface area (Å²) in [6, 6.07) is 9.62. The molecule has 1 aliphatic heterocycles. The van der Waals surface area contributed by atoms with Gasteiger partial charge in [-0.15, -0.1) is 0 Å². The first kappa shape index (κ1) is 15.4. The van der Waals surface area contributed by atoms with Gasteiger partial charge in [0.05, 0.1) is 0 Å². The van der Waals surface area contributed by atoms with Crippen molar-refractivity contribution in [2.24, 2.45) is 0 Å². The van der Waals surface area contributed by atoms with Gasteiger partial charge in [0.25, 0.3) is 5.91 Å². The number of aromatic nitrogens is 1. The van der Waals surface area contributed by atoms with Crippen LogP contribution in [0.4, 0.5) is 0 Å². The van der Waals surface area contributed by atoms with Crippen LogP contribution >= 0.6 is 23.4 Å². The minimum absolute atomic E-state index is 0.0581. The topological polar surface area (TPSA) is 46.3 Å². The highest BCUT2D eigenvalue weighted by atomic mass is 35.5. The molecule has 1 saturated heterocycles. The fourth-order valence-electron chi connectivity index (χ4n) is 2.59. The molecular weight excluding hydrogens is 320 g/mol. The number of carbonyl (C=O) groups excluding carboxylic acids is 1. The first-order valence-corrected chi connectivity index (χ1v) is 8.66. The van der Waals surface area contributed by atoms with Gasteiger partial charge in [0.2, 0.25) is 0 Å². The molecule has 3 rings (SSSR count). The number of carbonyl (C=O) groups is 1. The molecule has 0 radical (unpaired) electrons. The molecule has 2 aromatic rings. The van der Waals surface area contributed by atoms with E-state index in [1.54, 1.807) is 13.0 Å². The summed E-state index contributed by atoms with van der Waals surface area (Å²) in [5.74, 6) is 1.48. The zero-order valence-electron chi connectivity index (χ0n) is 12.3. The minimum Gasteiger partial charge on any atom is -0.361 e. The van der Waals surface area contributed by atoms with Gasteiger partial charge in [-0.2, -0.15) is 11.8 Å². The number of aryl methyl sites for hydroxylation is 1. The summed E-state index contributed by atoms with van der Waals surface area (Å²) in [4.78, 5) is 14.3. The molecule has 0 aliphatic carbocycles. The summed E-state index contributed by atoms with van der Waals surface area (Å²) < 4.78 is 4.99. The van der Waals surface area contributed by atoms with E-state index in [4.69, 9.17) is 16.1 Å². The number of thioether (sulfide) groups is 1. The minimum atomic E-state index is -0.0581. The summed E-state index contributed by atoms with van der Waals surface area (Å²) in [7, 11) is 0. The van der Waals surface area contributed by atoms with Gasteiger partial charge in [-0.3, -0.25) is 4.79 Å². The van der Waals surface area contributed by atoms with Crippen molar-refractivity contribution in [1.82, 2.24) is 10.1 Å². The van der Waals surface area contributed by atoms with Gasteiger partial charge in [0.1, 0.15) is 5.76 Å². The van der Waals surface area contributed by atoms with Crippen LogP contribution in [0.15, 0.2) is 34.9 Å². The van der Waals surface area contributed by atoms with E-state index in [0.717, 1.165) is 29.3 Å². The highest BCUT2D eigenvalue weighted by Crippen LogP contribution is 2.37. The monoisotopic (exact) mass is 336 g/mol. The number of benzene rings is 1. The molecule has 0 spiro atoms. The van der Waals surface area contributed by atoms with E-state index < -0.39 is 0 Å². The van der Waals surface area contributed by atoms with Crippen LogP contribution in [0.3, 0.4) is 0 Å². The first-order valence-electron chi connectivity index (χ1n) is 7.24. The lowest BCUT2D eigenvalue weighted by Gasteiger charge is -2.19. The lowest BCUT2D eigenvalue weighted by atomic mass is 10.1. The molecular formula is C16H17ClN2O2S. The van der Waals surface area contributed by atoms with Crippen molar-refractivity contribution < 1.29 is 9.32 Å². The Balaban J connectivity index is 1.70. The third-order valence-corrected chi connectivity index (χ3v) is 5.38. The van der Waals surface area contributed by atoms with Crippen molar-refractivity contribution in [2.45, 2.75) is 18.6 Å². The molecule has 0 bridgehead atoms. The maximum Gasteiger partial charge on any atom is 0.276 e. The summed E-state index contributed by atoms with van der Waals surface area (Å²) in [5, 5.41) is 4.94. The van der Waals surface area contributed by atoms with Crippen molar-refractivity contribution in [2.75, 3.05) is 18.8 Å². The quantitative estimate of drug-likeness (QED) is 0.832. The highest BCUT2D eigenvalue weighted by molar-refractivity contribution is 7.99. The molecule has 2 heterocycles. The predicted molar refractivity (Wildman–Crippen MR) is 88.4 cm³/mol. The summed E-state index contributed by atoms with van der Waals surface area (Å²) in [6.45, 7) is 3.21. The van der Waals surface area contributed by atoms with E-state index in [1.807, 2.05) is 34.9 Å². The molecule has 1 aliphatic rings. The third-order valence-electron chi connectivity index (χ3n) is 3.73. The number of halogens is 1. The molecule has 0 saturated carbocycles. The molecule has 1 fully saturated rings. The smallest absolute Gasteiger partial charge is 0.276 e. The van der Waals surface area contributed by atoms with E-state index in [1.165, 1.54) is 0 Å². The summed E-state index contributed by atoms with van der Waals surface area (Å²) in [5.41, 5.74) is 1.54. The van der Waals surface area contributed by atoms with Gasteiger partial charge >= 0.3 is 0 Å². The van der Waals surface area contributed by atoms with Crippen LogP contribution in [0.1, 0.15) is 33.5 Å². The molecule has 1 aromatic carbocycles. The Morgan fingerprint density at radius 3 is 2.95 bits per heavy atom. The summed E-state index contributed by atoms with van der Waals surface area (Å²) in [6.07, 6.45) is 0.886. The predicted octanol–water partition coefficient (Wildman–Crippen LogP) is 3.96. The SMILES string of the molecule is Cc1cc(C(=O)N2CCS[C@@H](c3ccccc3Cl)CC2)no1. The van der Waals surface area contributed by atoms with Crippen LogP contribution in [0.25, 0.3) is 0 Å². The Morgan fingerprint density at radius 2 is 2.23 bits per heavy atom. The highest BCUT2D eigenvalue weighted by Gasteiger charge is 2.25. The Morgan fingerprint density at radius 1 is 1.41 bits per heavy atom. The average molecular weight is 337 g/mol. The molecule has 1 atom stereocenters. The number of hydrogen-bond acceptors (Lipinski definition) is 4. The number of amides is 1. The standard InChI is InChI=1S/C16H17ClN2O2S/c1-11-10-14(18-21-11)16(20)19-7-6-15(22-9-8-19)12-4-2-3-5-13(12)17/h2-5,10,15H,6-9H2,1H3/t15-/m1/s1. The van der Waals surface area contributed by atoms with Crippen molar-refractivity contribution in [1.29, 1.82) is 0 Å². The Hall–Kier alpha value is -1.46. The number of hydrogen-bond donors (Lipinski definition) is 0. The van der Waals surface area contributed by atoms with Crippen LogP contribution in [-0.4, -0.2) is 34.8 Å². The normalized spacial score (nSPS) is 19.0. The zero-order chi connectivity index (χ0) is 15.5. The Kier molecular flexibility index (Phi) is 4.74. The number of rotatable bonds is 2. The van der Waals surface area contributed by atoms with E-state index in [2.05, 4.69) is 11.2 Å². The second-order valence-electron chi connectivity index (χ2n) is 5.28. The van der Waals surface area contributed by atoms with Crippen molar-refractivity contribution in [3.63, 3.8) is 0 Å². The zero-order valence-corrected chi connectivity index (χ0v) is 13.9. The second kappa shape index (κ2) is 6.75. The molecule has 116 valence electrons. The molecule has 4 nitrogen and oxygen atoms in total. The number of nitrogens with zero attached hydrogens (tertiary/aromatic N) is 2. The molecule has 1 aromatic heterocycles. The lowest BCUT2D eigenvalue weighted by Crippen LogP contribution is -2.33. The largest absolute Gasteiger partial charge is 0.361 e. The van der Waals surface area contributed by atoms with Crippen LogP contribution in [0, 0.1) is 6.92 Å². The fraction of sp³-hybridized carbons (Fsp3) is 0.375. The maximum absolute atomic E-state index is 12.4. The van der Waals surface area contributed by atoms with E-state index in [-0.39, 0.29) is 5.91 Å². The van der Waals surface area contributed by atoms with Gasteiger partial charge in [0, 0.05) is 35.2 Å². The Labute approximate surface area is 138 Å². The van der Waals surface area contributed by atoms with Crippen LogP contribution in [0.2, 0.25) is 5.02 Å². The summed E-state index contributed by atoms with van der Waals surface area (Å²) >= 11 is 8.14. The van der Waals surface area contributed by atoms with Gasteiger partial charge < -0.3 is 9.42 Å². The lowest BCUT2D eigenvalue weighted by molar-refractivity contribution is 0.0756. The van der Waals surface area contributed by atoms with Crippen LogP contribution < -0.4 is 0 Å². The fourth-order valence-corrected chi connectivity index (χ4v) is 4.19. The van der Waals surface area contributed by atoms with Gasteiger partial charge in [0.15, 0.2) is 5.69 Å². The van der Waals surface area contributed by atoms with Gasteiger partial charge in [-0.25, -0.2) is 0 Å². The van der Waals surface area contributed by atoms with E-state index >= 15 is 0 Å². The van der Waals surface area contributed by atoms with Crippen molar-refractivity contribution >= 4 is 29.3 Å².